The molecule has 0 radical (unpaired) electrons. The molecule has 0 rings (SSSR count). The lowest BCUT2D eigenvalue weighted by Gasteiger charge is -2.18. The van der Waals surface area contributed by atoms with Crippen molar-refractivity contribution in [3.8, 4) is 0 Å². The van der Waals surface area contributed by atoms with Crippen LogP contribution in [0, 0.1) is 0 Å². The van der Waals surface area contributed by atoms with Gasteiger partial charge in [-0.15, -0.1) is 0 Å². The van der Waals surface area contributed by atoms with E-state index < -0.39 is 6.10 Å². The lowest BCUT2D eigenvalue weighted by atomic mass is 10.1. The number of rotatable bonds is 55. The topological polar surface area (TPSA) is 78.9 Å². The molecule has 0 saturated heterocycles. The minimum absolute atomic E-state index is 0.108. The Morgan fingerprint density at radius 1 is 0.263 bits per heavy atom. The average molecular weight is 1100 g/mol. The number of esters is 3. The first-order valence-electron chi connectivity index (χ1n) is 31.8. The highest BCUT2D eigenvalue weighted by Crippen LogP contribution is 2.13. The Hall–Kier alpha value is -5.49. The standard InChI is InChI=1S/C74H114O6/c1-4-7-10-13-16-19-21-23-25-27-29-31-33-35-36-37-38-40-41-43-45-47-49-51-53-55-58-61-64-67-73(76)79-70-71(69-78-72(75)66-63-60-57-18-15-12-9-6-3)80-74(77)68-65-62-59-56-54-52-50-48-46-44-42-39-34-32-30-28-26-24-22-20-17-14-11-8-5-2/h7-8,10-11,16-17,19-20,23-26,29-32,35-36,38-40,42-43,45-46,48-49,51-52,54,71H,4-6,9,12-15,18,21-22,27-28,33-34,37,41,44,47,50,53,55-70H2,1-3H3/b10-7-,11-8-,19-16-,20-17-,25-23-,26-24-,31-29-,32-30-,36-35-,40-38-,42-39-,45-43-,48-46-,51-49-,54-52-. The molecule has 0 aromatic heterocycles. The predicted molar refractivity (Wildman–Crippen MR) is 348 cm³/mol. The van der Waals surface area contributed by atoms with Gasteiger partial charge in [-0.05, 0) is 141 Å². The number of carbonyl (C=O) groups excluding carboxylic acids is 3. The zero-order valence-corrected chi connectivity index (χ0v) is 51.0. The van der Waals surface area contributed by atoms with Crippen molar-refractivity contribution in [2.75, 3.05) is 13.2 Å². The molecule has 0 N–H and O–H groups in total. The number of ether oxygens (including phenoxy) is 3. The van der Waals surface area contributed by atoms with Crippen molar-refractivity contribution in [2.24, 2.45) is 0 Å². The summed E-state index contributed by atoms with van der Waals surface area (Å²) in [6.45, 7) is 6.31. The first-order valence-corrected chi connectivity index (χ1v) is 31.8. The zero-order valence-electron chi connectivity index (χ0n) is 51.0. The first kappa shape index (κ1) is 74.5. The van der Waals surface area contributed by atoms with Crippen molar-refractivity contribution in [3.63, 3.8) is 0 Å². The van der Waals surface area contributed by atoms with Crippen LogP contribution < -0.4 is 0 Å². The van der Waals surface area contributed by atoms with Crippen LogP contribution in [0.5, 0.6) is 0 Å². The quantitative estimate of drug-likeness (QED) is 0.0261. The van der Waals surface area contributed by atoms with Gasteiger partial charge in [0.2, 0.25) is 0 Å². The predicted octanol–water partition coefficient (Wildman–Crippen LogP) is 22.0. The van der Waals surface area contributed by atoms with Gasteiger partial charge < -0.3 is 14.2 Å². The molecule has 0 saturated carbocycles. The molecule has 0 amide bonds. The Morgan fingerprint density at radius 2 is 0.487 bits per heavy atom. The molecule has 0 spiro atoms. The summed E-state index contributed by atoms with van der Waals surface area (Å²) < 4.78 is 16.8. The summed E-state index contributed by atoms with van der Waals surface area (Å²) in [5.74, 6) is -0.981. The minimum Gasteiger partial charge on any atom is -0.462 e. The Bertz CT molecular complexity index is 1890. The van der Waals surface area contributed by atoms with Crippen LogP contribution in [0.4, 0.5) is 0 Å². The van der Waals surface area contributed by atoms with E-state index in [1.165, 1.54) is 32.1 Å². The average Bonchev–Trinajstić information content (AvgIpc) is 3.46. The van der Waals surface area contributed by atoms with Crippen LogP contribution >= 0.6 is 0 Å². The van der Waals surface area contributed by atoms with Crippen LogP contribution in [-0.4, -0.2) is 37.2 Å². The van der Waals surface area contributed by atoms with Gasteiger partial charge in [0.15, 0.2) is 6.10 Å². The Morgan fingerprint density at radius 3 is 0.775 bits per heavy atom. The molecule has 6 heteroatoms. The van der Waals surface area contributed by atoms with Crippen LogP contribution in [-0.2, 0) is 28.6 Å². The van der Waals surface area contributed by atoms with Crippen molar-refractivity contribution in [1.82, 2.24) is 0 Å². The molecule has 0 heterocycles. The van der Waals surface area contributed by atoms with E-state index in [0.29, 0.717) is 19.3 Å². The molecular weight excluding hydrogens is 985 g/mol. The second kappa shape index (κ2) is 66.0. The molecule has 0 aliphatic carbocycles. The van der Waals surface area contributed by atoms with E-state index in [1.54, 1.807) is 0 Å². The second-order valence-corrected chi connectivity index (χ2v) is 20.2. The van der Waals surface area contributed by atoms with Crippen molar-refractivity contribution < 1.29 is 28.6 Å². The maximum atomic E-state index is 12.9. The number of carbonyl (C=O) groups is 3. The third-order valence-corrected chi connectivity index (χ3v) is 12.7. The van der Waals surface area contributed by atoms with E-state index in [0.717, 1.165) is 167 Å². The summed E-state index contributed by atoms with van der Waals surface area (Å²) in [4.78, 5) is 38.1. The van der Waals surface area contributed by atoms with E-state index in [4.69, 9.17) is 14.2 Å². The fourth-order valence-electron chi connectivity index (χ4n) is 7.97. The normalized spacial score (nSPS) is 13.4. The van der Waals surface area contributed by atoms with E-state index >= 15 is 0 Å². The van der Waals surface area contributed by atoms with Crippen LogP contribution in [0.25, 0.3) is 0 Å². The SMILES string of the molecule is CC/C=C\C/C=C\C/C=C\C/C=C\C/C=C\C/C=C\C/C=C\C/C=C\CCCCCCC(=O)OCC(COC(=O)CCCCCCCCCC)OC(=O)CCCCC/C=C\C/C=C\C/C=C\C/C=C\C/C=C\C/C=C\C/C=C\CC. The molecule has 0 aromatic carbocycles. The maximum absolute atomic E-state index is 12.9. The van der Waals surface area contributed by atoms with E-state index in [9.17, 15) is 14.4 Å². The van der Waals surface area contributed by atoms with Gasteiger partial charge in [0.1, 0.15) is 13.2 Å². The van der Waals surface area contributed by atoms with Gasteiger partial charge in [0, 0.05) is 19.3 Å². The zero-order chi connectivity index (χ0) is 57.8. The van der Waals surface area contributed by atoms with Crippen molar-refractivity contribution >= 4 is 17.9 Å². The van der Waals surface area contributed by atoms with Gasteiger partial charge in [-0.3, -0.25) is 14.4 Å². The summed E-state index contributed by atoms with van der Waals surface area (Å²) in [5, 5.41) is 0. The van der Waals surface area contributed by atoms with Crippen molar-refractivity contribution in [1.29, 1.82) is 0 Å². The number of hydrogen-bond acceptors (Lipinski definition) is 6. The second-order valence-electron chi connectivity index (χ2n) is 20.2. The van der Waals surface area contributed by atoms with Gasteiger partial charge in [-0.2, -0.15) is 0 Å². The summed E-state index contributed by atoms with van der Waals surface area (Å²) in [6.07, 6.45) is 99.1. The van der Waals surface area contributed by atoms with Crippen LogP contribution in [0.15, 0.2) is 182 Å². The van der Waals surface area contributed by atoms with Crippen LogP contribution in [0.3, 0.4) is 0 Å². The molecule has 1 unspecified atom stereocenters. The minimum atomic E-state index is -0.816. The summed E-state index contributed by atoms with van der Waals surface area (Å²) in [6, 6.07) is 0. The largest absolute Gasteiger partial charge is 0.462 e. The molecule has 6 nitrogen and oxygen atoms in total. The van der Waals surface area contributed by atoms with Gasteiger partial charge in [0.25, 0.3) is 0 Å². The summed E-state index contributed by atoms with van der Waals surface area (Å²) in [5.41, 5.74) is 0. The summed E-state index contributed by atoms with van der Waals surface area (Å²) >= 11 is 0. The fraction of sp³-hybridized carbons (Fsp3) is 0.554. The van der Waals surface area contributed by atoms with E-state index in [2.05, 4.69) is 203 Å². The monoisotopic (exact) mass is 1100 g/mol. The highest BCUT2D eigenvalue weighted by Gasteiger charge is 2.19. The molecule has 1 atom stereocenters. The van der Waals surface area contributed by atoms with Crippen LogP contribution in [0.2, 0.25) is 0 Å². The smallest absolute Gasteiger partial charge is 0.306 e. The van der Waals surface area contributed by atoms with Gasteiger partial charge in [-0.1, -0.05) is 267 Å². The Kier molecular flexibility index (Phi) is 61.5. The molecule has 0 aromatic rings. The fourth-order valence-corrected chi connectivity index (χ4v) is 7.97. The molecule has 446 valence electrons. The maximum Gasteiger partial charge on any atom is 0.306 e. The van der Waals surface area contributed by atoms with Crippen molar-refractivity contribution in [2.45, 2.75) is 252 Å². The molecule has 0 bridgehead atoms. The summed E-state index contributed by atoms with van der Waals surface area (Å²) in [7, 11) is 0. The first-order chi connectivity index (χ1) is 39.5. The molecule has 80 heavy (non-hydrogen) atoms. The van der Waals surface area contributed by atoms with Gasteiger partial charge in [-0.25, -0.2) is 0 Å². The third-order valence-electron chi connectivity index (χ3n) is 12.7. The molecule has 0 aliphatic rings. The van der Waals surface area contributed by atoms with Gasteiger partial charge >= 0.3 is 17.9 Å². The van der Waals surface area contributed by atoms with E-state index in [1.807, 2.05) is 0 Å². The highest BCUT2D eigenvalue weighted by atomic mass is 16.6. The number of allylic oxidation sites excluding steroid dienone is 30. The number of hydrogen-bond donors (Lipinski definition) is 0. The highest BCUT2D eigenvalue weighted by molar-refractivity contribution is 5.71. The Balaban J connectivity index is 4.37. The molecule has 0 fully saturated rings. The molecular formula is C74H114O6. The lowest BCUT2D eigenvalue weighted by molar-refractivity contribution is -0.167. The van der Waals surface area contributed by atoms with Gasteiger partial charge in [0.05, 0.1) is 0 Å². The lowest BCUT2D eigenvalue weighted by Crippen LogP contribution is -2.30. The van der Waals surface area contributed by atoms with E-state index in [-0.39, 0.29) is 37.5 Å². The molecule has 0 aliphatic heterocycles. The van der Waals surface area contributed by atoms with Crippen LogP contribution in [0.1, 0.15) is 245 Å². The van der Waals surface area contributed by atoms with Crippen molar-refractivity contribution in [3.05, 3.63) is 182 Å². The number of unbranched alkanes of at least 4 members (excludes halogenated alkanes) is 14. The third kappa shape index (κ3) is 63.3. The Labute approximate surface area is 491 Å².